The predicted octanol–water partition coefficient (Wildman–Crippen LogP) is 2.32. The van der Waals surface area contributed by atoms with Gasteiger partial charge in [-0.05, 0) is 18.1 Å². The molecule has 1 saturated heterocycles. The van der Waals surface area contributed by atoms with Gasteiger partial charge < -0.3 is 10.1 Å². The third-order valence-electron chi connectivity index (χ3n) is 4.63. The molecule has 1 aliphatic heterocycles. The first kappa shape index (κ1) is 16.9. The number of para-hydroxylation sites is 1. The summed E-state index contributed by atoms with van der Waals surface area (Å²) in [5, 5.41) is 4.09. The fraction of sp³-hybridized carbons (Fsp3) is 0.474. The Bertz CT molecular complexity index is 691. The minimum Gasteiger partial charge on any atom is -0.379 e. The summed E-state index contributed by atoms with van der Waals surface area (Å²) in [6.07, 6.45) is 1.73. The lowest BCUT2D eigenvalue weighted by atomic mass is 10.0. The Balaban J connectivity index is 1.71. The van der Waals surface area contributed by atoms with Crippen molar-refractivity contribution in [3.8, 4) is 0 Å². The molecule has 5 heteroatoms. The molecular formula is C19H25N3O2. The highest BCUT2D eigenvalue weighted by Crippen LogP contribution is 2.16. The largest absolute Gasteiger partial charge is 0.379 e. The lowest BCUT2D eigenvalue weighted by Gasteiger charge is -2.36. The van der Waals surface area contributed by atoms with Gasteiger partial charge in [-0.15, -0.1) is 0 Å². The average molecular weight is 327 g/mol. The summed E-state index contributed by atoms with van der Waals surface area (Å²) in [6.45, 7) is 8.43. The summed E-state index contributed by atoms with van der Waals surface area (Å²) in [6, 6.07) is 9.90. The number of pyridine rings is 1. The monoisotopic (exact) mass is 327 g/mol. The quantitative estimate of drug-likeness (QED) is 0.916. The lowest BCUT2D eigenvalue weighted by Crippen LogP contribution is -2.51. The number of carbonyl (C=O) groups is 1. The highest BCUT2D eigenvalue weighted by Gasteiger charge is 2.24. The molecular weight excluding hydrogens is 302 g/mol. The fourth-order valence-corrected chi connectivity index (χ4v) is 3.28. The van der Waals surface area contributed by atoms with E-state index in [9.17, 15) is 4.79 Å². The number of benzene rings is 1. The Morgan fingerprint density at radius 2 is 2.00 bits per heavy atom. The fourth-order valence-electron chi connectivity index (χ4n) is 3.28. The van der Waals surface area contributed by atoms with E-state index in [2.05, 4.69) is 29.0 Å². The van der Waals surface area contributed by atoms with Crippen LogP contribution in [0, 0.1) is 5.92 Å². The second-order valence-electron chi connectivity index (χ2n) is 6.55. The first-order chi connectivity index (χ1) is 11.7. The van der Waals surface area contributed by atoms with Crippen molar-refractivity contribution in [2.24, 2.45) is 5.92 Å². The van der Waals surface area contributed by atoms with Crippen molar-refractivity contribution < 1.29 is 9.53 Å². The van der Waals surface area contributed by atoms with Crippen molar-refractivity contribution in [3.63, 3.8) is 0 Å². The Morgan fingerprint density at radius 1 is 1.25 bits per heavy atom. The second-order valence-corrected chi connectivity index (χ2v) is 6.55. The van der Waals surface area contributed by atoms with Crippen LogP contribution in [0.5, 0.6) is 0 Å². The summed E-state index contributed by atoms with van der Waals surface area (Å²) in [4.78, 5) is 19.5. The van der Waals surface area contributed by atoms with Crippen molar-refractivity contribution >= 4 is 16.8 Å². The molecule has 0 radical (unpaired) electrons. The molecule has 5 nitrogen and oxygen atoms in total. The Kier molecular flexibility index (Phi) is 5.43. The molecule has 24 heavy (non-hydrogen) atoms. The van der Waals surface area contributed by atoms with Gasteiger partial charge in [-0.3, -0.25) is 14.7 Å². The van der Waals surface area contributed by atoms with Crippen LogP contribution in [0.2, 0.25) is 0 Å². The van der Waals surface area contributed by atoms with Gasteiger partial charge in [-0.2, -0.15) is 0 Å². The zero-order chi connectivity index (χ0) is 16.9. The van der Waals surface area contributed by atoms with Crippen molar-refractivity contribution in [2.75, 3.05) is 32.8 Å². The van der Waals surface area contributed by atoms with Gasteiger partial charge in [0.15, 0.2) is 0 Å². The summed E-state index contributed by atoms with van der Waals surface area (Å²) in [5.74, 6) is 0.409. The van der Waals surface area contributed by atoms with Crippen LogP contribution in [-0.2, 0) is 4.74 Å². The van der Waals surface area contributed by atoms with Gasteiger partial charge in [0, 0.05) is 37.3 Å². The van der Waals surface area contributed by atoms with Crippen LogP contribution in [0.1, 0.15) is 24.2 Å². The van der Waals surface area contributed by atoms with Crippen LogP contribution in [0.3, 0.4) is 0 Å². The van der Waals surface area contributed by atoms with E-state index in [0.29, 0.717) is 24.1 Å². The maximum absolute atomic E-state index is 12.7. The third kappa shape index (κ3) is 3.74. The molecule has 3 rings (SSSR count). The number of fused-ring (bicyclic) bond motifs is 1. The van der Waals surface area contributed by atoms with E-state index in [0.717, 1.165) is 37.2 Å². The van der Waals surface area contributed by atoms with Crippen LogP contribution in [-0.4, -0.2) is 54.7 Å². The van der Waals surface area contributed by atoms with Gasteiger partial charge >= 0.3 is 0 Å². The molecule has 1 aliphatic rings. The van der Waals surface area contributed by atoms with E-state index in [-0.39, 0.29) is 5.91 Å². The van der Waals surface area contributed by atoms with Crippen molar-refractivity contribution in [1.29, 1.82) is 0 Å². The predicted molar refractivity (Wildman–Crippen MR) is 95.1 cm³/mol. The molecule has 0 bridgehead atoms. The molecule has 1 unspecified atom stereocenters. The van der Waals surface area contributed by atoms with Crippen molar-refractivity contribution in [2.45, 2.75) is 19.9 Å². The Labute approximate surface area is 143 Å². The Hall–Kier alpha value is -1.98. The topological polar surface area (TPSA) is 54.5 Å². The number of hydrogen-bond donors (Lipinski definition) is 1. The maximum atomic E-state index is 12.7. The molecule has 1 aromatic heterocycles. The van der Waals surface area contributed by atoms with E-state index >= 15 is 0 Å². The molecule has 1 amide bonds. The minimum absolute atomic E-state index is 0.0572. The zero-order valence-electron chi connectivity index (χ0n) is 14.4. The molecule has 0 spiro atoms. The van der Waals surface area contributed by atoms with Gasteiger partial charge in [-0.25, -0.2) is 0 Å². The summed E-state index contributed by atoms with van der Waals surface area (Å²) >= 11 is 0. The standard InChI is InChI=1S/C19H25N3O2/c1-14(2)17(22-9-11-24-12-10-22)13-21-19(23)16-7-3-5-15-6-4-8-20-18(15)16/h3-8,14,17H,9-13H2,1-2H3,(H,21,23). The van der Waals surface area contributed by atoms with Crippen molar-refractivity contribution in [1.82, 2.24) is 15.2 Å². The van der Waals surface area contributed by atoms with Crippen LogP contribution in [0.15, 0.2) is 36.5 Å². The summed E-state index contributed by atoms with van der Waals surface area (Å²) in [7, 11) is 0. The van der Waals surface area contributed by atoms with Gasteiger partial charge in [0.1, 0.15) is 0 Å². The molecule has 0 aliphatic carbocycles. The zero-order valence-corrected chi connectivity index (χ0v) is 14.4. The number of ether oxygens (including phenoxy) is 1. The lowest BCUT2D eigenvalue weighted by molar-refractivity contribution is 0.00673. The van der Waals surface area contributed by atoms with E-state index in [1.54, 1.807) is 6.20 Å². The molecule has 2 heterocycles. The van der Waals surface area contributed by atoms with E-state index in [4.69, 9.17) is 4.74 Å². The number of nitrogens with zero attached hydrogens (tertiary/aromatic N) is 2. The van der Waals surface area contributed by atoms with E-state index < -0.39 is 0 Å². The molecule has 1 N–H and O–H groups in total. The first-order valence-electron chi connectivity index (χ1n) is 8.60. The molecule has 2 aromatic rings. The molecule has 1 fully saturated rings. The highest BCUT2D eigenvalue weighted by atomic mass is 16.5. The highest BCUT2D eigenvalue weighted by molar-refractivity contribution is 6.05. The van der Waals surface area contributed by atoms with Crippen LogP contribution >= 0.6 is 0 Å². The molecule has 128 valence electrons. The van der Waals surface area contributed by atoms with E-state index in [1.807, 2.05) is 30.3 Å². The second kappa shape index (κ2) is 7.73. The third-order valence-corrected chi connectivity index (χ3v) is 4.63. The Morgan fingerprint density at radius 3 is 2.75 bits per heavy atom. The number of nitrogens with one attached hydrogen (secondary N) is 1. The molecule has 0 saturated carbocycles. The number of morpholine rings is 1. The molecule has 1 atom stereocenters. The van der Waals surface area contributed by atoms with Crippen LogP contribution < -0.4 is 5.32 Å². The minimum atomic E-state index is -0.0572. The van der Waals surface area contributed by atoms with Gasteiger partial charge in [0.25, 0.3) is 5.91 Å². The number of carbonyl (C=O) groups excluding carboxylic acids is 1. The average Bonchev–Trinajstić information content (AvgIpc) is 2.62. The first-order valence-corrected chi connectivity index (χ1v) is 8.60. The maximum Gasteiger partial charge on any atom is 0.253 e. The number of hydrogen-bond acceptors (Lipinski definition) is 4. The SMILES string of the molecule is CC(C)C(CNC(=O)c1cccc2cccnc12)N1CCOCC1. The van der Waals surface area contributed by atoms with Crippen LogP contribution in [0.25, 0.3) is 10.9 Å². The number of rotatable bonds is 5. The van der Waals surface area contributed by atoms with Crippen LogP contribution in [0.4, 0.5) is 0 Å². The number of aromatic nitrogens is 1. The van der Waals surface area contributed by atoms with Gasteiger partial charge in [0.05, 0.1) is 24.3 Å². The smallest absolute Gasteiger partial charge is 0.253 e. The van der Waals surface area contributed by atoms with Gasteiger partial charge in [0.2, 0.25) is 0 Å². The van der Waals surface area contributed by atoms with Gasteiger partial charge in [-0.1, -0.05) is 32.0 Å². The summed E-state index contributed by atoms with van der Waals surface area (Å²) in [5.41, 5.74) is 1.39. The van der Waals surface area contributed by atoms with E-state index in [1.165, 1.54) is 0 Å². The normalized spacial score (nSPS) is 17.1. The number of amides is 1. The van der Waals surface area contributed by atoms with Crippen molar-refractivity contribution in [3.05, 3.63) is 42.1 Å². The summed E-state index contributed by atoms with van der Waals surface area (Å²) < 4.78 is 5.44. The molecule has 1 aromatic carbocycles.